The Morgan fingerprint density at radius 2 is 1.86 bits per heavy atom. The van der Waals surface area contributed by atoms with Gasteiger partial charge in [-0.15, -0.1) is 0 Å². The normalized spacial score (nSPS) is 9.91. The van der Waals surface area contributed by atoms with E-state index in [-0.39, 0.29) is 12.2 Å². The highest BCUT2D eigenvalue weighted by molar-refractivity contribution is 6.30. The Balaban J connectivity index is 2.10. The fourth-order valence-corrected chi connectivity index (χ4v) is 1.81. The quantitative estimate of drug-likeness (QED) is 0.644. The molecule has 0 spiro atoms. The molecule has 0 aliphatic carbocycles. The van der Waals surface area contributed by atoms with Crippen LogP contribution in [0.5, 0.6) is 11.5 Å². The molecular weight excluding hydrogens is 306 g/mol. The Bertz CT molecular complexity index is 673. The van der Waals surface area contributed by atoms with Gasteiger partial charge in [0.05, 0.1) is 0 Å². The lowest BCUT2D eigenvalue weighted by molar-refractivity contribution is -0.143. The second kappa shape index (κ2) is 7.47. The zero-order valence-corrected chi connectivity index (χ0v) is 12.6. The third-order valence-electron chi connectivity index (χ3n) is 2.58. The van der Waals surface area contributed by atoms with Crippen molar-refractivity contribution in [1.29, 1.82) is 0 Å². The van der Waals surface area contributed by atoms with Crippen LogP contribution in [-0.2, 0) is 14.4 Å². The summed E-state index contributed by atoms with van der Waals surface area (Å²) in [6.07, 6.45) is -0.303. The van der Waals surface area contributed by atoms with E-state index >= 15 is 0 Å². The molecule has 0 fully saturated rings. The molecule has 1 N–H and O–H groups in total. The summed E-state index contributed by atoms with van der Waals surface area (Å²) in [5, 5.41) is 0.450. The van der Waals surface area contributed by atoms with Gasteiger partial charge in [0.1, 0.15) is 23.6 Å². The Labute approximate surface area is 132 Å². The Hall–Kier alpha value is -2.53. The summed E-state index contributed by atoms with van der Waals surface area (Å²) in [6, 6.07) is 14.0. The van der Waals surface area contributed by atoms with Crippen molar-refractivity contribution in [3.63, 3.8) is 0 Å². The van der Waals surface area contributed by atoms with Crippen LogP contribution in [-0.4, -0.2) is 11.8 Å². The van der Waals surface area contributed by atoms with Crippen LogP contribution >= 0.6 is 11.6 Å². The number of rotatable bonds is 6. The van der Waals surface area contributed by atoms with Gasteiger partial charge in [0.25, 0.3) is 0 Å². The first-order valence-electron chi connectivity index (χ1n) is 6.52. The molecule has 0 aromatic heterocycles. The molecule has 0 aliphatic heterocycles. The van der Waals surface area contributed by atoms with Crippen LogP contribution in [0.3, 0.4) is 0 Å². The first-order chi connectivity index (χ1) is 10.5. The van der Waals surface area contributed by atoms with Crippen LogP contribution in [0.4, 0.5) is 5.69 Å². The highest BCUT2D eigenvalue weighted by Crippen LogP contribution is 2.32. The molecular formula is C16H14ClNO4. The van der Waals surface area contributed by atoms with Crippen molar-refractivity contribution in [2.75, 3.05) is 5.48 Å². The highest BCUT2D eigenvalue weighted by Gasteiger charge is 2.10. The van der Waals surface area contributed by atoms with Crippen LogP contribution in [0.25, 0.3) is 0 Å². The van der Waals surface area contributed by atoms with Crippen molar-refractivity contribution in [2.45, 2.75) is 13.3 Å². The number of carbonyl (C=O) groups is 2. The highest BCUT2D eigenvalue weighted by atomic mass is 35.5. The molecule has 0 saturated carbocycles. The number of nitrogens with one attached hydrogen (secondary N) is 1. The van der Waals surface area contributed by atoms with E-state index in [1.54, 1.807) is 30.3 Å². The monoisotopic (exact) mass is 319 g/mol. The van der Waals surface area contributed by atoms with E-state index in [1.165, 1.54) is 6.92 Å². The molecule has 5 nitrogen and oxygen atoms in total. The van der Waals surface area contributed by atoms with E-state index in [1.807, 2.05) is 18.2 Å². The van der Waals surface area contributed by atoms with Gasteiger partial charge >= 0.3 is 5.97 Å². The molecule has 0 saturated heterocycles. The Morgan fingerprint density at radius 1 is 1.14 bits per heavy atom. The second-order valence-electron chi connectivity index (χ2n) is 4.51. The van der Waals surface area contributed by atoms with Gasteiger partial charge in [0.2, 0.25) is 0 Å². The van der Waals surface area contributed by atoms with Crippen molar-refractivity contribution < 1.29 is 19.2 Å². The minimum atomic E-state index is -0.682. The maximum atomic E-state index is 11.4. The fraction of sp³-hybridized carbons (Fsp3) is 0.125. The van der Waals surface area contributed by atoms with Gasteiger partial charge in [0.15, 0.2) is 5.75 Å². The van der Waals surface area contributed by atoms with E-state index in [2.05, 4.69) is 5.48 Å². The summed E-state index contributed by atoms with van der Waals surface area (Å²) in [5.41, 5.74) is 2.85. The number of hydrogen-bond donors (Lipinski definition) is 1. The molecule has 0 aliphatic rings. The van der Waals surface area contributed by atoms with Gasteiger partial charge in [-0.1, -0.05) is 29.8 Å². The van der Waals surface area contributed by atoms with E-state index in [9.17, 15) is 9.59 Å². The summed E-state index contributed by atoms with van der Waals surface area (Å²) >= 11 is 5.93. The first kappa shape index (κ1) is 15.9. The zero-order chi connectivity index (χ0) is 15.9. The molecule has 2 aromatic rings. The SMILES string of the molecule is CC(=O)CC(=O)ONc1cc(Cl)ccc1Oc1ccccc1. The molecule has 0 heterocycles. The Morgan fingerprint density at radius 3 is 2.55 bits per heavy atom. The molecule has 0 atom stereocenters. The van der Waals surface area contributed by atoms with Crippen LogP contribution < -0.4 is 10.2 Å². The van der Waals surface area contributed by atoms with Gasteiger partial charge in [-0.3, -0.25) is 4.79 Å². The van der Waals surface area contributed by atoms with Gasteiger partial charge in [-0.05, 0) is 37.3 Å². The lowest BCUT2D eigenvalue weighted by atomic mass is 10.3. The summed E-state index contributed by atoms with van der Waals surface area (Å²) in [4.78, 5) is 27.1. The number of hydrogen-bond acceptors (Lipinski definition) is 5. The number of ketones is 1. The minimum absolute atomic E-state index is 0.279. The molecule has 0 amide bonds. The van der Waals surface area contributed by atoms with E-state index in [0.717, 1.165) is 0 Å². The van der Waals surface area contributed by atoms with Crippen molar-refractivity contribution in [1.82, 2.24) is 0 Å². The maximum absolute atomic E-state index is 11.4. The van der Waals surface area contributed by atoms with Crippen molar-refractivity contribution >= 4 is 29.0 Å². The van der Waals surface area contributed by atoms with Crippen LogP contribution in [0.1, 0.15) is 13.3 Å². The summed E-state index contributed by atoms with van der Waals surface area (Å²) in [6.45, 7) is 1.31. The molecule has 2 aromatic carbocycles. The van der Waals surface area contributed by atoms with E-state index in [0.29, 0.717) is 22.2 Å². The van der Waals surface area contributed by atoms with Gasteiger partial charge in [0, 0.05) is 5.02 Å². The Kier molecular flexibility index (Phi) is 5.38. The topological polar surface area (TPSA) is 64.6 Å². The largest absolute Gasteiger partial charge is 0.455 e. The van der Waals surface area contributed by atoms with Gasteiger partial charge < -0.3 is 9.57 Å². The molecule has 2 rings (SSSR count). The second-order valence-corrected chi connectivity index (χ2v) is 4.95. The third-order valence-corrected chi connectivity index (χ3v) is 2.82. The van der Waals surface area contributed by atoms with Crippen LogP contribution in [0, 0.1) is 0 Å². The molecule has 6 heteroatoms. The number of anilines is 1. The van der Waals surface area contributed by atoms with Crippen molar-refractivity contribution in [3.8, 4) is 11.5 Å². The maximum Gasteiger partial charge on any atom is 0.339 e. The number of carbonyl (C=O) groups excluding carboxylic acids is 2. The molecule has 0 bridgehead atoms. The number of ether oxygens (including phenoxy) is 1. The van der Waals surface area contributed by atoms with Crippen molar-refractivity contribution in [3.05, 3.63) is 53.6 Å². The summed E-state index contributed by atoms with van der Waals surface area (Å²) in [5.74, 6) is 0.103. The van der Waals surface area contributed by atoms with Gasteiger partial charge in [-0.2, -0.15) is 0 Å². The number of halogens is 1. The van der Waals surface area contributed by atoms with Gasteiger partial charge in [-0.25, -0.2) is 10.3 Å². The molecule has 0 unspecified atom stereocenters. The predicted molar refractivity (Wildman–Crippen MR) is 83.0 cm³/mol. The fourth-order valence-electron chi connectivity index (χ4n) is 1.64. The third kappa shape index (κ3) is 4.79. The van der Waals surface area contributed by atoms with E-state index < -0.39 is 5.97 Å². The first-order valence-corrected chi connectivity index (χ1v) is 6.90. The van der Waals surface area contributed by atoms with E-state index in [4.69, 9.17) is 21.2 Å². The number of benzene rings is 2. The molecule has 114 valence electrons. The number of Topliss-reactive ketones (excluding diaryl/α,β-unsaturated/α-hetero) is 1. The lowest BCUT2D eigenvalue weighted by Gasteiger charge is -2.13. The van der Waals surface area contributed by atoms with Crippen LogP contribution in [0.2, 0.25) is 5.02 Å². The zero-order valence-electron chi connectivity index (χ0n) is 11.8. The standard InChI is InChI=1S/C16H14ClNO4/c1-11(19)9-16(20)22-18-14-10-12(17)7-8-15(14)21-13-5-3-2-4-6-13/h2-8,10,18H,9H2,1H3. The molecule has 22 heavy (non-hydrogen) atoms. The average Bonchev–Trinajstić information content (AvgIpc) is 2.48. The average molecular weight is 320 g/mol. The summed E-state index contributed by atoms with van der Waals surface area (Å²) in [7, 11) is 0. The van der Waals surface area contributed by atoms with Crippen LogP contribution in [0.15, 0.2) is 48.5 Å². The molecule has 0 radical (unpaired) electrons. The lowest BCUT2D eigenvalue weighted by Crippen LogP contribution is -2.13. The van der Waals surface area contributed by atoms with Crippen molar-refractivity contribution in [2.24, 2.45) is 0 Å². The minimum Gasteiger partial charge on any atom is -0.455 e. The smallest absolute Gasteiger partial charge is 0.339 e. The predicted octanol–water partition coefficient (Wildman–Crippen LogP) is 3.98. The summed E-state index contributed by atoms with van der Waals surface area (Å²) < 4.78 is 5.70. The number of para-hydroxylation sites is 1.